The summed E-state index contributed by atoms with van der Waals surface area (Å²) in [7, 11) is 7.81. The largest absolute Gasteiger partial charge is 0.478 e. The zero-order valence-electron chi connectivity index (χ0n) is 18.5. The average Bonchev–Trinajstić information content (AvgIpc) is 2.72. The van der Waals surface area contributed by atoms with Gasteiger partial charge in [-0.3, -0.25) is 0 Å². The fourth-order valence-electron chi connectivity index (χ4n) is 3.86. The minimum atomic E-state index is -1.07. The van der Waals surface area contributed by atoms with Crippen LogP contribution in [0.4, 0.5) is 17.1 Å². The van der Waals surface area contributed by atoms with Crippen LogP contribution in [-0.4, -0.2) is 44.2 Å². The van der Waals surface area contributed by atoms with Gasteiger partial charge in [-0.15, -0.1) is 0 Å². The number of carboxylic acid groups (broad SMARTS) is 1. The van der Waals surface area contributed by atoms with Crippen molar-refractivity contribution in [3.8, 4) is 11.5 Å². The van der Waals surface area contributed by atoms with Crippen LogP contribution in [0.2, 0.25) is 0 Å². The Morgan fingerprint density at radius 1 is 0.906 bits per heavy atom. The quantitative estimate of drug-likeness (QED) is 0.427. The summed E-state index contributed by atoms with van der Waals surface area (Å²) in [6.45, 7) is 0. The molecule has 1 heterocycles. The molecule has 0 bridgehead atoms. The molecule has 0 amide bonds. The molecule has 0 aliphatic carbocycles. The molecule has 32 heavy (non-hydrogen) atoms. The molecular formula is C25H26N4O3. The van der Waals surface area contributed by atoms with E-state index in [2.05, 4.69) is 0 Å². The Labute approximate surface area is 186 Å². The molecule has 0 atom stereocenters. The second-order valence-electron chi connectivity index (χ2n) is 8.23. The van der Waals surface area contributed by atoms with Gasteiger partial charge in [-0.1, -0.05) is 6.07 Å². The zero-order valence-corrected chi connectivity index (χ0v) is 18.5. The lowest BCUT2D eigenvalue weighted by Gasteiger charge is -2.24. The Balaban J connectivity index is 2.12. The molecule has 5 N–H and O–H groups in total. The van der Waals surface area contributed by atoms with E-state index in [4.69, 9.17) is 16.2 Å². The van der Waals surface area contributed by atoms with Crippen LogP contribution < -0.4 is 31.5 Å². The molecule has 1 aliphatic heterocycles. The number of benzene rings is 3. The lowest BCUT2D eigenvalue weighted by Crippen LogP contribution is -2.22. The van der Waals surface area contributed by atoms with Crippen molar-refractivity contribution < 1.29 is 14.6 Å². The normalized spacial score (nSPS) is 12.6. The summed E-state index contributed by atoms with van der Waals surface area (Å²) in [5.41, 5.74) is 15.7. The third-order valence-corrected chi connectivity index (χ3v) is 5.38. The van der Waals surface area contributed by atoms with E-state index in [0.717, 1.165) is 27.3 Å². The zero-order chi connectivity index (χ0) is 23.2. The molecule has 3 aromatic rings. The van der Waals surface area contributed by atoms with Crippen LogP contribution >= 0.6 is 0 Å². The number of nitrogens with two attached hydrogens (primary N) is 2. The molecule has 0 spiro atoms. The van der Waals surface area contributed by atoms with Crippen molar-refractivity contribution in [3.05, 3.63) is 75.7 Å². The maximum Gasteiger partial charge on any atom is 0.336 e. The number of hydrogen-bond donors (Lipinski definition) is 3. The van der Waals surface area contributed by atoms with Crippen molar-refractivity contribution in [2.24, 2.45) is 0 Å². The molecule has 4 rings (SSSR count). The van der Waals surface area contributed by atoms with Gasteiger partial charge in [0.2, 0.25) is 0 Å². The Hall–Kier alpha value is -4.13. The number of fused-ring (bicyclic) bond motifs is 2. The molecule has 0 saturated heterocycles. The smallest absolute Gasteiger partial charge is 0.336 e. The van der Waals surface area contributed by atoms with E-state index in [9.17, 15) is 9.90 Å². The van der Waals surface area contributed by atoms with Crippen LogP contribution in [0.3, 0.4) is 0 Å². The second kappa shape index (κ2) is 7.85. The van der Waals surface area contributed by atoms with Crippen LogP contribution in [0.15, 0.2) is 48.5 Å². The van der Waals surface area contributed by atoms with E-state index in [0.29, 0.717) is 22.7 Å². The van der Waals surface area contributed by atoms with E-state index in [1.165, 1.54) is 6.07 Å². The maximum absolute atomic E-state index is 12.1. The Morgan fingerprint density at radius 3 is 2.28 bits per heavy atom. The maximum atomic E-state index is 12.1. The number of aromatic carboxylic acids is 1. The minimum absolute atomic E-state index is 0.0890. The summed E-state index contributed by atoms with van der Waals surface area (Å²) in [4.78, 5) is 16.1. The topological polar surface area (TPSA) is 105 Å². The van der Waals surface area contributed by atoms with Gasteiger partial charge in [-0.25, -0.2) is 4.79 Å². The highest BCUT2D eigenvalue weighted by atomic mass is 16.5. The number of carbonyl (C=O) groups is 1. The molecular weight excluding hydrogens is 404 g/mol. The van der Waals surface area contributed by atoms with Crippen molar-refractivity contribution >= 4 is 34.8 Å². The molecule has 0 fully saturated rings. The van der Waals surface area contributed by atoms with Gasteiger partial charge in [-0.2, -0.15) is 0 Å². The highest BCUT2D eigenvalue weighted by Crippen LogP contribution is 2.40. The van der Waals surface area contributed by atoms with Gasteiger partial charge in [0.25, 0.3) is 0 Å². The van der Waals surface area contributed by atoms with E-state index >= 15 is 0 Å². The molecule has 7 nitrogen and oxygen atoms in total. The Kier molecular flexibility index (Phi) is 5.18. The summed E-state index contributed by atoms with van der Waals surface area (Å²) < 4.78 is 6.31. The van der Waals surface area contributed by atoms with E-state index in [-0.39, 0.29) is 11.3 Å². The van der Waals surface area contributed by atoms with Crippen molar-refractivity contribution in [3.63, 3.8) is 0 Å². The van der Waals surface area contributed by atoms with Crippen LogP contribution in [0.1, 0.15) is 21.5 Å². The molecule has 1 aliphatic rings. The SMILES string of the molecule is CN(C)/C=c1\ccc2c(c1)Oc1cc(N(C)C)ccc1C=2c1cc(N)c(N)cc1C(=O)O. The Bertz CT molecular complexity index is 1360. The number of hydrogen-bond acceptors (Lipinski definition) is 6. The third kappa shape index (κ3) is 3.69. The summed E-state index contributed by atoms with van der Waals surface area (Å²) in [5, 5.41) is 11.7. The summed E-state index contributed by atoms with van der Waals surface area (Å²) in [5.74, 6) is 0.217. The van der Waals surface area contributed by atoms with E-state index in [1.54, 1.807) is 6.07 Å². The lowest BCUT2D eigenvalue weighted by atomic mass is 9.89. The number of nitrogens with zero attached hydrogens (tertiary/aromatic N) is 2. The van der Waals surface area contributed by atoms with Gasteiger partial charge in [0.05, 0.1) is 16.9 Å². The summed E-state index contributed by atoms with van der Waals surface area (Å²) in [6, 6.07) is 14.8. The average molecular weight is 431 g/mol. The van der Waals surface area contributed by atoms with Crippen molar-refractivity contribution in [2.45, 2.75) is 0 Å². The van der Waals surface area contributed by atoms with Crippen LogP contribution in [-0.2, 0) is 0 Å². The highest BCUT2D eigenvalue weighted by Gasteiger charge is 2.25. The van der Waals surface area contributed by atoms with Gasteiger partial charge in [0, 0.05) is 62.5 Å². The Morgan fingerprint density at radius 2 is 1.62 bits per heavy atom. The minimum Gasteiger partial charge on any atom is -0.478 e. The molecule has 0 radical (unpaired) electrons. The first-order valence-electron chi connectivity index (χ1n) is 10.1. The molecule has 0 saturated carbocycles. The molecule has 0 unspecified atom stereocenters. The standard InChI is InChI=1S/C25H26N4O3/c1-28(2)13-14-5-7-16-22(9-14)32-23-10-15(29(3)4)6-8-17(23)24(16)18-11-20(26)21(27)12-19(18)25(30)31/h5-13H,26-27H2,1-4H3,(H,30,31)/b14-13+. The fraction of sp³-hybridized carbons (Fsp3) is 0.160. The van der Waals surface area contributed by atoms with Crippen LogP contribution in [0.25, 0.3) is 11.8 Å². The number of rotatable bonds is 4. The lowest BCUT2D eigenvalue weighted by molar-refractivity contribution is 0.0696. The monoisotopic (exact) mass is 430 g/mol. The van der Waals surface area contributed by atoms with Crippen molar-refractivity contribution in [1.29, 1.82) is 0 Å². The second-order valence-corrected chi connectivity index (χ2v) is 8.23. The first-order chi connectivity index (χ1) is 15.2. The fourth-order valence-corrected chi connectivity index (χ4v) is 3.86. The first kappa shape index (κ1) is 21.1. The number of anilines is 3. The molecule has 0 aromatic heterocycles. The van der Waals surface area contributed by atoms with Gasteiger partial charge in [-0.05, 0) is 47.2 Å². The number of nitrogen functional groups attached to an aromatic ring is 2. The predicted molar refractivity (Wildman–Crippen MR) is 129 cm³/mol. The number of ether oxygens (including phenoxy) is 1. The molecule has 7 heteroatoms. The summed E-state index contributed by atoms with van der Waals surface area (Å²) in [6.07, 6.45) is 1.99. The van der Waals surface area contributed by atoms with Gasteiger partial charge in [0.1, 0.15) is 11.5 Å². The van der Waals surface area contributed by atoms with Crippen molar-refractivity contribution in [2.75, 3.05) is 44.6 Å². The van der Waals surface area contributed by atoms with Crippen LogP contribution in [0.5, 0.6) is 11.5 Å². The molecule has 3 aromatic carbocycles. The van der Waals surface area contributed by atoms with E-state index in [1.807, 2.05) is 80.6 Å². The van der Waals surface area contributed by atoms with E-state index < -0.39 is 5.97 Å². The summed E-state index contributed by atoms with van der Waals surface area (Å²) >= 11 is 0. The van der Waals surface area contributed by atoms with Crippen LogP contribution in [0, 0.1) is 0 Å². The van der Waals surface area contributed by atoms with Gasteiger partial charge < -0.3 is 31.1 Å². The van der Waals surface area contributed by atoms with Gasteiger partial charge in [0.15, 0.2) is 0 Å². The van der Waals surface area contributed by atoms with Crippen molar-refractivity contribution in [1.82, 2.24) is 4.90 Å². The first-order valence-corrected chi connectivity index (χ1v) is 10.1. The highest BCUT2D eigenvalue weighted by molar-refractivity contribution is 6.00. The molecule has 164 valence electrons. The number of carboxylic acids is 1. The van der Waals surface area contributed by atoms with Gasteiger partial charge >= 0.3 is 5.97 Å². The predicted octanol–water partition coefficient (Wildman–Crippen LogP) is 2.27. The third-order valence-electron chi connectivity index (χ3n) is 5.38.